The van der Waals surface area contributed by atoms with Gasteiger partial charge in [0.15, 0.2) is 0 Å². The fraction of sp³-hybridized carbons (Fsp3) is 0. The van der Waals surface area contributed by atoms with Crippen molar-refractivity contribution in [2.45, 2.75) is 0 Å². The lowest BCUT2D eigenvalue weighted by atomic mass is 9.86. The van der Waals surface area contributed by atoms with E-state index in [-0.39, 0.29) is 0 Å². The molecule has 9 aromatic carbocycles. The van der Waals surface area contributed by atoms with Crippen LogP contribution in [-0.2, 0) is 0 Å². The van der Waals surface area contributed by atoms with Crippen LogP contribution in [0.25, 0.3) is 86.9 Å². The third kappa shape index (κ3) is 3.42. The lowest BCUT2D eigenvalue weighted by Gasteiger charge is -2.18. The van der Waals surface area contributed by atoms with Gasteiger partial charge >= 0.3 is 0 Å². The van der Waals surface area contributed by atoms with Gasteiger partial charge in [-0.15, -0.1) is 0 Å². The van der Waals surface area contributed by atoms with E-state index in [2.05, 4.69) is 158 Å². The maximum atomic E-state index is 2.45. The first-order valence-corrected chi connectivity index (χ1v) is 14.6. The van der Waals surface area contributed by atoms with Crippen LogP contribution in [0.4, 0.5) is 0 Å². The van der Waals surface area contributed by atoms with Crippen molar-refractivity contribution in [1.29, 1.82) is 0 Å². The second kappa shape index (κ2) is 9.03. The van der Waals surface area contributed by atoms with Gasteiger partial charge in [-0.05, 0) is 111 Å². The van der Waals surface area contributed by atoms with Gasteiger partial charge < -0.3 is 0 Å². The predicted octanol–water partition coefficient (Wildman–Crippen LogP) is 11.9. The monoisotopic (exact) mass is 530 g/mol. The van der Waals surface area contributed by atoms with Crippen LogP contribution in [0.2, 0.25) is 0 Å². The molecule has 0 saturated carbocycles. The zero-order chi connectivity index (χ0) is 27.6. The highest BCUT2D eigenvalue weighted by Crippen LogP contribution is 2.44. The summed E-state index contributed by atoms with van der Waals surface area (Å²) < 4.78 is 0. The minimum atomic E-state index is 1.25. The molecule has 9 aromatic rings. The Morgan fingerprint density at radius 1 is 0.214 bits per heavy atom. The zero-order valence-electron chi connectivity index (χ0n) is 23.0. The van der Waals surface area contributed by atoms with Gasteiger partial charge in [0.05, 0.1) is 0 Å². The van der Waals surface area contributed by atoms with Crippen LogP contribution in [0.3, 0.4) is 0 Å². The summed E-state index contributed by atoms with van der Waals surface area (Å²) in [5, 5.41) is 15.4. The first kappa shape index (κ1) is 23.3. The zero-order valence-corrected chi connectivity index (χ0v) is 23.0. The Morgan fingerprint density at radius 3 is 1.29 bits per heavy atom. The topological polar surface area (TPSA) is 0 Å². The summed E-state index contributed by atoms with van der Waals surface area (Å²) in [6.07, 6.45) is 0. The first-order valence-electron chi connectivity index (χ1n) is 14.6. The van der Waals surface area contributed by atoms with E-state index < -0.39 is 0 Å². The van der Waals surface area contributed by atoms with Gasteiger partial charge in [-0.1, -0.05) is 133 Å². The Morgan fingerprint density at radius 2 is 0.643 bits per heavy atom. The fourth-order valence-corrected chi connectivity index (χ4v) is 7.05. The van der Waals surface area contributed by atoms with Crippen LogP contribution in [0.5, 0.6) is 0 Å². The van der Waals surface area contributed by atoms with Crippen molar-refractivity contribution in [3.63, 3.8) is 0 Å². The molecule has 0 saturated heterocycles. The van der Waals surface area contributed by atoms with E-state index in [1.807, 2.05) is 0 Å². The van der Waals surface area contributed by atoms with Gasteiger partial charge in [-0.25, -0.2) is 0 Å². The van der Waals surface area contributed by atoms with Gasteiger partial charge in [0, 0.05) is 0 Å². The van der Waals surface area contributed by atoms with Crippen molar-refractivity contribution in [2.24, 2.45) is 0 Å². The van der Waals surface area contributed by atoms with Crippen molar-refractivity contribution >= 4 is 64.6 Å². The summed E-state index contributed by atoms with van der Waals surface area (Å²) in [5.41, 5.74) is 5.09. The summed E-state index contributed by atoms with van der Waals surface area (Å²) in [7, 11) is 0. The van der Waals surface area contributed by atoms with E-state index in [1.165, 1.54) is 86.9 Å². The highest BCUT2D eigenvalue weighted by Gasteiger charge is 2.16. The van der Waals surface area contributed by atoms with Gasteiger partial charge in [0.2, 0.25) is 0 Å². The average molecular weight is 531 g/mol. The van der Waals surface area contributed by atoms with Gasteiger partial charge in [0.1, 0.15) is 0 Å². The summed E-state index contributed by atoms with van der Waals surface area (Å²) in [6.45, 7) is 0. The summed E-state index contributed by atoms with van der Waals surface area (Å²) in [5.74, 6) is 0. The molecule has 0 aliphatic heterocycles. The molecule has 0 fully saturated rings. The van der Waals surface area contributed by atoms with Crippen molar-refractivity contribution in [2.75, 3.05) is 0 Å². The molecule has 0 amide bonds. The van der Waals surface area contributed by atoms with E-state index in [0.29, 0.717) is 0 Å². The maximum Gasteiger partial charge on any atom is -0.00923 e. The molecule has 9 rings (SSSR count). The minimum Gasteiger partial charge on any atom is -0.0616 e. The Hall–Kier alpha value is -5.46. The molecule has 0 aromatic heterocycles. The average Bonchev–Trinajstić information content (AvgIpc) is 3.07. The molecule has 0 unspecified atom stereocenters. The second-order valence-corrected chi connectivity index (χ2v) is 11.3. The Bertz CT molecular complexity index is 2510. The van der Waals surface area contributed by atoms with Gasteiger partial charge in [-0.3, -0.25) is 0 Å². The minimum absolute atomic E-state index is 1.25. The number of hydrogen-bond donors (Lipinski definition) is 0. The van der Waals surface area contributed by atoms with Crippen LogP contribution >= 0.6 is 0 Å². The van der Waals surface area contributed by atoms with E-state index in [4.69, 9.17) is 0 Å². The van der Waals surface area contributed by atoms with Crippen LogP contribution in [0, 0.1) is 0 Å². The molecule has 0 atom stereocenters. The van der Waals surface area contributed by atoms with Crippen molar-refractivity contribution in [3.05, 3.63) is 158 Å². The summed E-state index contributed by atoms with van der Waals surface area (Å²) in [6, 6.07) is 58.2. The van der Waals surface area contributed by atoms with E-state index in [0.717, 1.165) is 0 Å². The van der Waals surface area contributed by atoms with Crippen molar-refractivity contribution in [3.8, 4) is 22.3 Å². The molecule has 194 valence electrons. The molecule has 0 heterocycles. The van der Waals surface area contributed by atoms with E-state index in [1.54, 1.807) is 0 Å². The number of fused-ring (bicyclic) bond motifs is 9. The molecule has 0 aliphatic carbocycles. The third-order valence-corrected chi connectivity index (χ3v) is 9.00. The predicted molar refractivity (Wildman–Crippen MR) is 182 cm³/mol. The maximum absolute atomic E-state index is 2.45. The molecule has 42 heavy (non-hydrogen) atoms. The largest absolute Gasteiger partial charge is 0.0616 e. The second-order valence-electron chi connectivity index (χ2n) is 11.3. The molecule has 0 radical (unpaired) electrons. The molecule has 0 aliphatic rings. The van der Waals surface area contributed by atoms with Crippen LogP contribution in [0.15, 0.2) is 158 Å². The van der Waals surface area contributed by atoms with Crippen LogP contribution < -0.4 is 0 Å². The Labute approximate surface area is 244 Å². The van der Waals surface area contributed by atoms with Crippen LogP contribution in [-0.4, -0.2) is 0 Å². The lowest BCUT2D eigenvalue weighted by Crippen LogP contribution is -1.90. The standard InChI is InChI=1S/C42H26/c1-2-12-28-23-30(22-21-27(28)11-1)38-25-40-36-19-9-10-20-37(36)41(26-42(40)35-18-8-6-16-33(35)38)39-24-29-13-3-4-14-31(29)32-15-5-7-17-34(32)39/h1-26H. The number of rotatable bonds is 2. The first-order chi connectivity index (χ1) is 20.8. The number of benzene rings is 9. The van der Waals surface area contributed by atoms with Crippen molar-refractivity contribution < 1.29 is 0 Å². The highest BCUT2D eigenvalue weighted by atomic mass is 14.2. The van der Waals surface area contributed by atoms with Crippen LogP contribution in [0.1, 0.15) is 0 Å². The van der Waals surface area contributed by atoms with Gasteiger partial charge in [0.25, 0.3) is 0 Å². The summed E-state index contributed by atoms with van der Waals surface area (Å²) in [4.78, 5) is 0. The smallest absolute Gasteiger partial charge is 0.00923 e. The van der Waals surface area contributed by atoms with Crippen molar-refractivity contribution in [1.82, 2.24) is 0 Å². The summed E-state index contributed by atoms with van der Waals surface area (Å²) >= 11 is 0. The fourth-order valence-electron chi connectivity index (χ4n) is 7.05. The van der Waals surface area contributed by atoms with E-state index in [9.17, 15) is 0 Å². The Balaban J connectivity index is 1.42. The molecule has 0 bridgehead atoms. The molecular formula is C42H26. The lowest BCUT2D eigenvalue weighted by molar-refractivity contribution is 1.69. The normalized spacial score (nSPS) is 11.8. The quantitative estimate of drug-likeness (QED) is 0.195. The number of hydrogen-bond acceptors (Lipinski definition) is 0. The molecule has 0 heteroatoms. The van der Waals surface area contributed by atoms with E-state index >= 15 is 0 Å². The Kier molecular flexibility index (Phi) is 5.00. The molecular weight excluding hydrogens is 504 g/mol. The molecule has 0 nitrogen and oxygen atoms in total. The van der Waals surface area contributed by atoms with Gasteiger partial charge in [-0.2, -0.15) is 0 Å². The third-order valence-electron chi connectivity index (χ3n) is 9.00. The highest BCUT2D eigenvalue weighted by molar-refractivity contribution is 6.26. The molecule has 0 N–H and O–H groups in total. The molecule has 0 spiro atoms. The SMILES string of the molecule is c1ccc2cc(-c3cc4c5ccccc5c(-c5cc6ccccc6c6ccccc56)cc4c4ccccc34)ccc2c1.